The van der Waals surface area contributed by atoms with Crippen molar-refractivity contribution < 1.29 is 18.7 Å². The number of carbonyl (C=O) groups is 2. The lowest BCUT2D eigenvalue weighted by molar-refractivity contribution is 0.0492. The Labute approximate surface area is 195 Å². The van der Waals surface area contributed by atoms with Crippen molar-refractivity contribution in [3.05, 3.63) is 30.0 Å². The average Bonchev–Trinajstić information content (AvgIpc) is 3.58. The van der Waals surface area contributed by atoms with Crippen molar-refractivity contribution in [3.63, 3.8) is 0 Å². The van der Waals surface area contributed by atoms with Gasteiger partial charge in [0.25, 0.3) is 0 Å². The van der Waals surface area contributed by atoms with Crippen LogP contribution in [0.15, 0.2) is 28.7 Å². The number of hydrogen-bond donors (Lipinski definition) is 0. The fourth-order valence-corrected chi connectivity index (χ4v) is 5.46. The third kappa shape index (κ3) is 4.53. The Morgan fingerprint density at radius 1 is 1.06 bits per heavy atom. The molecule has 3 heterocycles. The van der Waals surface area contributed by atoms with E-state index in [1.807, 2.05) is 17.0 Å². The van der Waals surface area contributed by atoms with Crippen LogP contribution in [0.5, 0.6) is 0 Å². The Hall–Kier alpha value is -2.74. The van der Waals surface area contributed by atoms with Gasteiger partial charge in [-0.3, -0.25) is 4.90 Å². The number of hydrogen-bond acceptors (Lipinski definition) is 6. The van der Waals surface area contributed by atoms with Crippen molar-refractivity contribution in [3.8, 4) is 0 Å². The Balaban J connectivity index is 1.15. The van der Waals surface area contributed by atoms with E-state index in [-0.39, 0.29) is 11.8 Å². The quantitative estimate of drug-likeness (QED) is 0.597. The molecule has 1 aromatic heterocycles. The summed E-state index contributed by atoms with van der Waals surface area (Å²) in [5, 5.41) is 0.948. The molecule has 3 aliphatic rings. The van der Waals surface area contributed by atoms with Gasteiger partial charge in [-0.1, -0.05) is 18.9 Å². The van der Waals surface area contributed by atoms with Crippen LogP contribution in [0.2, 0.25) is 0 Å². The third-order valence-electron chi connectivity index (χ3n) is 7.31. The van der Waals surface area contributed by atoms with Crippen LogP contribution in [0.25, 0.3) is 11.0 Å². The van der Waals surface area contributed by atoms with Gasteiger partial charge in [-0.15, -0.1) is 0 Å². The van der Waals surface area contributed by atoms with E-state index in [0.29, 0.717) is 18.2 Å². The SMILES string of the molecule is CCOC(=O)c1cc2c(N3CCN(CCN4CCN(C5CCCC5)C4=O)CC3)cccc2o1. The summed E-state index contributed by atoms with van der Waals surface area (Å²) in [6.45, 7) is 9.30. The first kappa shape index (κ1) is 22.1. The summed E-state index contributed by atoms with van der Waals surface area (Å²) in [4.78, 5) is 33.8. The monoisotopic (exact) mass is 454 g/mol. The van der Waals surface area contributed by atoms with Gasteiger partial charge >= 0.3 is 12.0 Å². The molecule has 1 aliphatic carbocycles. The van der Waals surface area contributed by atoms with Gasteiger partial charge in [0.05, 0.1) is 6.61 Å². The molecule has 3 fully saturated rings. The number of carbonyl (C=O) groups excluding carboxylic acids is 2. The Morgan fingerprint density at radius 2 is 1.85 bits per heavy atom. The number of esters is 1. The lowest BCUT2D eigenvalue weighted by atomic mass is 10.1. The third-order valence-corrected chi connectivity index (χ3v) is 7.31. The first-order valence-electron chi connectivity index (χ1n) is 12.4. The van der Waals surface area contributed by atoms with Crippen molar-refractivity contribution in [1.29, 1.82) is 0 Å². The van der Waals surface area contributed by atoms with Gasteiger partial charge in [-0.2, -0.15) is 0 Å². The van der Waals surface area contributed by atoms with Crippen LogP contribution in [0.3, 0.4) is 0 Å². The normalized spacial score (nSPS) is 20.4. The molecule has 8 heteroatoms. The maximum Gasteiger partial charge on any atom is 0.374 e. The van der Waals surface area contributed by atoms with Gasteiger partial charge in [0, 0.05) is 75.5 Å². The number of piperazine rings is 1. The maximum atomic E-state index is 12.8. The highest BCUT2D eigenvalue weighted by Gasteiger charge is 2.35. The second kappa shape index (κ2) is 9.63. The van der Waals surface area contributed by atoms with Crippen LogP contribution in [-0.2, 0) is 4.74 Å². The van der Waals surface area contributed by atoms with Gasteiger partial charge in [0.2, 0.25) is 5.76 Å². The van der Waals surface area contributed by atoms with Crippen LogP contribution >= 0.6 is 0 Å². The minimum absolute atomic E-state index is 0.240. The van der Waals surface area contributed by atoms with Gasteiger partial charge in [0.1, 0.15) is 5.58 Å². The fourth-order valence-electron chi connectivity index (χ4n) is 5.46. The molecule has 178 valence electrons. The van der Waals surface area contributed by atoms with Crippen molar-refractivity contribution in [2.45, 2.75) is 38.6 Å². The second-order valence-corrected chi connectivity index (χ2v) is 9.25. The molecule has 0 radical (unpaired) electrons. The number of benzene rings is 1. The Kier molecular flexibility index (Phi) is 6.44. The lowest BCUT2D eigenvalue weighted by Crippen LogP contribution is -2.49. The summed E-state index contributed by atoms with van der Waals surface area (Å²) in [5.74, 6) is -0.174. The summed E-state index contributed by atoms with van der Waals surface area (Å²) in [7, 11) is 0. The molecular weight excluding hydrogens is 420 g/mol. The largest absolute Gasteiger partial charge is 0.460 e. The number of anilines is 1. The second-order valence-electron chi connectivity index (χ2n) is 9.25. The predicted octanol–water partition coefficient (Wildman–Crippen LogP) is 3.41. The number of ether oxygens (including phenoxy) is 1. The summed E-state index contributed by atoms with van der Waals surface area (Å²) in [5.41, 5.74) is 1.80. The molecule has 0 spiro atoms. The highest BCUT2D eigenvalue weighted by Crippen LogP contribution is 2.31. The topological polar surface area (TPSA) is 69.5 Å². The van der Waals surface area contributed by atoms with E-state index >= 15 is 0 Å². The fraction of sp³-hybridized carbons (Fsp3) is 0.600. The molecule has 1 aromatic carbocycles. The van der Waals surface area contributed by atoms with E-state index in [0.717, 1.165) is 63.4 Å². The van der Waals surface area contributed by atoms with Gasteiger partial charge in [0.15, 0.2) is 0 Å². The van der Waals surface area contributed by atoms with E-state index < -0.39 is 5.97 Å². The van der Waals surface area contributed by atoms with Crippen LogP contribution in [-0.4, -0.2) is 91.7 Å². The summed E-state index contributed by atoms with van der Waals surface area (Å²) >= 11 is 0. The van der Waals surface area contributed by atoms with Crippen LogP contribution in [0, 0.1) is 0 Å². The molecule has 0 atom stereocenters. The van der Waals surface area contributed by atoms with E-state index in [1.165, 1.54) is 25.7 Å². The maximum absolute atomic E-state index is 12.8. The van der Waals surface area contributed by atoms with Crippen LogP contribution in [0.4, 0.5) is 10.5 Å². The average molecular weight is 455 g/mol. The minimum Gasteiger partial charge on any atom is -0.460 e. The predicted molar refractivity (Wildman–Crippen MR) is 127 cm³/mol. The molecule has 2 saturated heterocycles. The molecule has 2 aliphatic heterocycles. The molecule has 2 amide bonds. The van der Waals surface area contributed by atoms with Gasteiger partial charge < -0.3 is 23.9 Å². The summed E-state index contributed by atoms with van der Waals surface area (Å²) in [6.07, 6.45) is 4.86. The summed E-state index contributed by atoms with van der Waals surface area (Å²) < 4.78 is 10.8. The van der Waals surface area contributed by atoms with E-state index in [2.05, 4.69) is 20.8 Å². The minimum atomic E-state index is -0.424. The number of fused-ring (bicyclic) bond motifs is 1. The first-order chi connectivity index (χ1) is 16.1. The molecular formula is C25H34N4O4. The van der Waals surface area contributed by atoms with Crippen LogP contribution < -0.4 is 4.90 Å². The molecule has 33 heavy (non-hydrogen) atoms. The Morgan fingerprint density at radius 3 is 2.61 bits per heavy atom. The highest BCUT2D eigenvalue weighted by molar-refractivity contribution is 5.98. The van der Waals surface area contributed by atoms with E-state index in [9.17, 15) is 9.59 Å². The van der Waals surface area contributed by atoms with Crippen LogP contribution in [0.1, 0.15) is 43.2 Å². The van der Waals surface area contributed by atoms with Crippen molar-refractivity contribution in [1.82, 2.24) is 14.7 Å². The molecule has 2 aromatic rings. The molecule has 8 nitrogen and oxygen atoms in total. The van der Waals surface area contributed by atoms with Crippen molar-refractivity contribution in [2.75, 3.05) is 63.9 Å². The Bertz CT molecular complexity index is 991. The van der Waals surface area contributed by atoms with Gasteiger partial charge in [-0.05, 0) is 31.9 Å². The van der Waals surface area contributed by atoms with E-state index in [4.69, 9.17) is 9.15 Å². The standard InChI is InChI=1S/C25H34N4O4/c1-2-32-24(30)23-18-20-21(8-5-9-22(20)33-23)27-13-10-26(11-14-27)12-15-28-16-17-29(25(28)31)19-6-3-4-7-19/h5,8-9,18-19H,2-4,6-7,10-17H2,1H3. The highest BCUT2D eigenvalue weighted by atomic mass is 16.5. The molecule has 1 saturated carbocycles. The van der Waals surface area contributed by atoms with E-state index in [1.54, 1.807) is 13.0 Å². The first-order valence-corrected chi connectivity index (χ1v) is 12.4. The lowest BCUT2D eigenvalue weighted by Gasteiger charge is -2.37. The molecule has 0 unspecified atom stereocenters. The number of rotatable bonds is 7. The van der Waals surface area contributed by atoms with Crippen molar-refractivity contribution >= 4 is 28.7 Å². The zero-order chi connectivity index (χ0) is 22.8. The molecule has 0 N–H and O–H groups in total. The number of amides is 2. The molecule has 5 rings (SSSR count). The zero-order valence-electron chi connectivity index (χ0n) is 19.5. The smallest absolute Gasteiger partial charge is 0.374 e. The molecule has 0 bridgehead atoms. The summed E-state index contributed by atoms with van der Waals surface area (Å²) in [6, 6.07) is 8.45. The number of nitrogens with zero attached hydrogens (tertiary/aromatic N) is 4. The van der Waals surface area contributed by atoms with Crippen molar-refractivity contribution in [2.24, 2.45) is 0 Å². The van der Waals surface area contributed by atoms with Gasteiger partial charge in [-0.25, -0.2) is 9.59 Å². The number of urea groups is 1. The number of furan rings is 1. The zero-order valence-corrected chi connectivity index (χ0v) is 19.5.